The van der Waals surface area contributed by atoms with Crippen LogP contribution in [0.15, 0.2) is 0 Å². The van der Waals surface area contributed by atoms with Gasteiger partial charge in [-0.25, -0.2) is 0 Å². The van der Waals surface area contributed by atoms with E-state index in [9.17, 15) is 4.79 Å². The van der Waals surface area contributed by atoms with Gasteiger partial charge >= 0.3 is 0 Å². The van der Waals surface area contributed by atoms with Crippen LogP contribution in [0.25, 0.3) is 0 Å². The van der Waals surface area contributed by atoms with Crippen LogP contribution in [0.4, 0.5) is 0 Å². The van der Waals surface area contributed by atoms with Gasteiger partial charge in [0.2, 0.25) is 5.91 Å². The molecule has 0 heterocycles. The van der Waals surface area contributed by atoms with Crippen LogP contribution in [0, 0.1) is 5.92 Å². The van der Waals surface area contributed by atoms with Crippen LogP contribution in [0.2, 0.25) is 0 Å². The Morgan fingerprint density at radius 3 is 2.23 bits per heavy atom. The normalized spacial score (nSPS) is 15.2. The van der Waals surface area contributed by atoms with Gasteiger partial charge in [0.25, 0.3) is 0 Å². The van der Waals surface area contributed by atoms with Crippen LogP contribution in [0.1, 0.15) is 34.1 Å². The largest absolute Gasteiger partial charge is 0.340 e. The summed E-state index contributed by atoms with van der Waals surface area (Å²) in [6.07, 6.45) is 0.997. The number of hydrogen-bond acceptors (Lipinski definition) is 2. The molecule has 2 N–H and O–H groups in total. The minimum Gasteiger partial charge on any atom is -0.340 e. The molecule has 0 aliphatic heterocycles. The molecule has 0 aliphatic carbocycles. The monoisotopic (exact) mass is 186 g/mol. The van der Waals surface area contributed by atoms with E-state index in [1.54, 1.807) is 0 Å². The van der Waals surface area contributed by atoms with Crippen LogP contribution in [-0.4, -0.2) is 29.9 Å². The molecule has 0 rings (SSSR count). The average molecular weight is 186 g/mol. The van der Waals surface area contributed by atoms with E-state index in [0.29, 0.717) is 12.6 Å². The van der Waals surface area contributed by atoms with Crippen molar-refractivity contribution in [2.75, 3.05) is 13.1 Å². The summed E-state index contributed by atoms with van der Waals surface area (Å²) in [5.41, 5.74) is 5.46. The molecule has 0 bridgehead atoms. The third-order valence-electron chi connectivity index (χ3n) is 2.52. The number of carbonyl (C=O) groups excluding carboxylic acids is 1. The quantitative estimate of drug-likeness (QED) is 0.702. The molecule has 0 radical (unpaired) electrons. The van der Waals surface area contributed by atoms with Crippen molar-refractivity contribution in [3.8, 4) is 0 Å². The maximum absolute atomic E-state index is 11.8. The molecule has 1 amide bonds. The Bertz CT molecular complexity index is 159. The molecule has 0 aliphatic rings. The minimum atomic E-state index is -0.0473. The van der Waals surface area contributed by atoms with Crippen molar-refractivity contribution < 1.29 is 4.79 Å². The molecule has 78 valence electrons. The standard InChI is InChI=1S/C10H22N2O/c1-5-9(4)12(6-2)10(13)8(3)7-11/h8-9H,5-7,11H2,1-4H3. The molecule has 0 saturated heterocycles. The second-order valence-electron chi connectivity index (χ2n) is 3.52. The lowest BCUT2D eigenvalue weighted by atomic mass is 10.1. The van der Waals surface area contributed by atoms with E-state index in [0.717, 1.165) is 13.0 Å². The summed E-state index contributed by atoms with van der Waals surface area (Å²) in [7, 11) is 0. The van der Waals surface area contributed by atoms with Gasteiger partial charge < -0.3 is 10.6 Å². The fourth-order valence-corrected chi connectivity index (χ4v) is 1.29. The van der Waals surface area contributed by atoms with Gasteiger partial charge in [0, 0.05) is 25.0 Å². The molecule has 0 aromatic carbocycles. The van der Waals surface area contributed by atoms with E-state index in [1.807, 2.05) is 18.7 Å². The predicted octanol–water partition coefficient (Wildman–Crippen LogP) is 1.23. The highest BCUT2D eigenvalue weighted by molar-refractivity contribution is 5.78. The van der Waals surface area contributed by atoms with E-state index in [2.05, 4.69) is 13.8 Å². The van der Waals surface area contributed by atoms with Crippen molar-refractivity contribution in [1.82, 2.24) is 4.90 Å². The second kappa shape index (κ2) is 5.97. The highest BCUT2D eigenvalue weighted by Gasteiger charge is 2.21. The first-order valence-electron chi connectivity index (χ1n) is 5.08. The Balaban J connectivity index is 4.31. The summed E-state index contributed by atoms with van der Waals surface area (Å²) in [4.78, 5) is 13.7. The molecule has 2 unspecified atom stereocenters. The van der Waals surface area contributed by atoms with Crippen LogP contribution in [0.3, 0.4) is 0 Å². The van der Waals surface area contributed by atoms with Gasteiger partial charge in [0.15, 0.2) is 0 Å². The van der Waals surface area contributed by atoms with Crippen LogP contribution < -0.4 is 5.73 Å². The summed E-state index contributed by atoms with van der Waals surface area (Å²) in [5, 5.41) is 0. The lowest BCUT2D eigenvalue weighted by Gasteiger charge is -2.29. The summed E-state index contributed by atoms with van der Waals surface area (Å²) >= 11 is 0. The van der Waals surface area contributed by atoms with Crippen molar-refractivity contribution in [2.45, 2.75) is 40.2 Å². The van der Waals surface area contributed by atoms with Gasteiger partial charge in [-0.05, 0) is 20.3 Å². The number of rotatable bonds is 5. The lowest BCUT2D eigenvalue weighted by Crippen LogP contribution is -2.42. The number of hydrogen-bond donors (Lipinski definition) is 1. The first kappa shape index (κ1) is 12.4. The summed E-state index contributed by atoms with van der Waals surface area (Å²) in [6.45, 7) is 9.27. The molecular weight excluding hydrogens is 164 g/mol. The third-order valence-corrected chi connectivity index (χ3v) is 2.52. The van der Waals surface area contributed by atoms with Gasteiger partial charge in [0.1, 0.15) is 0 Å². The van der Waals surface area contributed by atoms with Crippen LogP contribution >= 0.6 is 0 Å². The zero-order valence-electron chi connectivity index (χ0n) is 9.21. The SMILES string of the molecule is CCC(C)N(CC)C(=O)C(C)CN. The molecule has 0 aromatic heterocycles. The third kappa shape index (κ3) is 3.35. The number of amides is 1. The summed E-state index contributed by atoms with van der Waals surface area (Å²) in [5.74, 6) is 0.133. The zero-order valence-corrected chi connectivity index (χ0v) is 9.21. The molecule has 0 aromatic rings. The van der Waals surface area contributed by atoms with Crippen molar-refractivity contribution >= 4 is 5.91 Å². The number of nitrogens with zero attached hydrogens (tertiary/aromatic N) is 1. The van der Waals surface area contributed by atoms with E-state index >= 15 is 0 Å². The molecule has 13 heavy (non-hydrogen) atoms. The first-order chi connectivity index (χ1) is 6.08. The van der Waals surface area contributed by atoms with Crippen LogP contribution in [-0.2, 0) is 4.79 Å². The highest BCUT2D eigenvalue weighted by atomic mass is 16.2. The molecule has 0 saturated carbocycles. The predicted molar refractivity (Wildman–Crippen MR) is 55.4 cm³/mol. The van der Waals surface area contributed by atoms with E-state index in [1.165, 1.54) is 0 Å². The van der Waals surface area contributed by atoms with E-state index in [-0.39, 0.29) is 11.8 Å². The van der Waals surface area contributed by atoms with Gasteiger partial charge in [-0.1, -0.05) is 13.8 Å². The zero-order chi connectivity index (χ0) is 10.4. The van der Waals surface area contributed by atoms with E-state index < -0.39 is 0 Å². The van der Waals surface area contributed by atoms with Crippen molar-refractivity contribution in [3.05, 3.63) is 0 Å². The number of carbonyl (C=O) groups is 1. The highest BCUT2D eigenvalue weighted by Crippen LogP contribution is 2.08. The van der Waals surface area contributed by atoms with Gasteiger partial charge in [-0.3, -0.25) is 4.79 Å². The van der Waals surface area contributed by atoms with Crippen LogP contribution in [0.5, 0.6) is 0 Å². The Kier molecular flexibility index (Phi) is 5.71. The maximum Gasteiger partial charge on any atom is 0.226 e. The Labute approximate surface area is 81.3 Å². The molecule has 0 spiro atoms. The molecule has 3 heteroatoms. The Morgan fingerprint density at radius 2 is 1.92 bits per heavy atom. The van der Waals surface area contributed by atoms with Crippen molar-refractivity contribution in [1.29, 1.82) is 0 Å². The molecule has 0 fully saturated rings. The topological polar surface area (TPSA) is 46.3 Å². The van der Waals surface area contributed by atoms with Crippen molar-refractivity contribution in [3.63, 3.8) is 0 Å². The fourth-order valence-electron chi connectivity index (χ4n) is 1.29. The Hall–Kier alpha value is -0.570. The van der Waals surface area contributed by atoms with Gasteiger partial charge in [0.05, 0.1) is 0 Å². The lowest BCUT2D eigenvalue weighted by molar-refractivity contribution is -0.136. The second-order valence-corrected chi connectivity index (χ2v) is 3.52. The summed E-state index contributed by atoms with van der Waals surface area (Å²) < 4.78 is 0. The number of nitrogens with two attached hydrogens (primary N) is 1. The molecular formula is C10H22N2O. The smallest absolute Gasteiger partial charge is 0.226 e. The Morgan fingerprint density at radius 1 is 1.38 bits per heavy atom. The van der Waals surface area contributed by atoms with Gasteiger partial charge in [-0.15, -0.1) is 0 Å². The van der Waals surface area contributed by atoms with Gasteiger partial charge in [-0.2, -0.15) is 0 Å². The van der Waals surface area contributed by atoms with Crippen molar-refractivity contribution in [2.24, 2.45) is 11.7 Å². The fraction of sp³-hybridized carbons (Fsp3) is 0.900. The first-order valence-corrected chi connectivity index (χ1v) is 5.08. The van der Waals surface area contributed by atoms with E-state index in [4.69, 9.17) is 5.73 Å². The minimum absolute atomic E-state index is 0.0473. The molecule has 3 nitrogen and oxygen atoms in total. The maximum atomic E-state index is 11.8. The average Bonchev–Trinajstić information content (AvgIpc) is 2.17. The molecule has 2 atom stereocenters. The summed E-state index contributed by atoms with van der Waals surface area (Å²) in [6, 6.07) is 0.325.